The summed E-state index contributed by atoms with van der Waals surface area (Å²) in [6.45, 7) is -0.132. The average molecular weight is 391 g/mol. The van der Waals surface area contributed by atoms with Crippen molar-refractivity contribution < 1.29 is 9.59 Å². The third kappa shape index (κ3) is 4.16. The number of primary amides is 1. The highest BCUT2D eigenvalue weighted by Crippen LogP contribution is 2.25. The lowest BCUT2D eigenvalue weighted by Crippen LogP contribution is -2.20. The number of nitrogens with zero attached hydrogens (tertiary/aromatic N) is 4. The Morgan fingerprint density at radius 3 is 2.46 bits per heavy atom. The Hall–Kier alpha value is -2.97. The molecule has 26 heavy (non-hydrogen) atoms. The topological polar surface area (TPSA) is 116 Å². The van der Waals surface area contributed by atoms with E-state index in [2.05, 4.69) is 20.7 Å². The highest BCUT2D eigenvalue weighted by Gasteiger charge is 2.11. The monoisotopic (exact) mass is 390 g/mol. The standard InChI is InChI=1S/C16H12Cl2N6O2/c17-12-6-5-11(7-13(12)18)20-14(25)8-24-22-16(21-23-24)10-3-1-9(2-4-10)15(19)26/h1-7H,8H2,(H2,19,26)(H,20,25). The van der Waals surface area contributed by atoms with Crippen molar-refractivity contribution in [1.82, 2.24) is 20.2 Å². The van der Waals surface area contributed by atoms with E-state index in [0.717, 1.165) is 4.80 Å². The Labute approximate surface area is 157 Å². The highest BCUT2D eigenvalue weighted by atomic mass is 35.5. The molecule has 0 fully saturated rings. The summed E-state index contributed by atoms with van der Waals surface area (Å²) in [6, 6.07) is 11.2. The van der Waals surface area contributed by atoms with Gasteiger partial charge in [-0.3, -0.25) is 9.59 Å². The molecule has 1 heterocycles. The fourth-order valence-corrected chi connectivity index (χ4v) is 2.41. The number of nitrogens with two attached hydrogens (primary N) is 1. The van der Waals surface area contributed by atoms with E-state index >= 15 is 0 Å². The van der Waals surface area contributed by atoms with Crippen LogP contribution in [0.2, 0.25) is 10.0 Å². The molecule has 3 rings (SSSR count). The van der Waals surface area contributed by atoms with Crippen LogP contribution in [0.25, 0.3) is 11.4 Å². The first kappa shape index (κ1) is 17.8. The average Bonchev–Trinajstić information content (AvgIpc) is 3.06. The lowest BCUT2D eigenvalue weighted by Gasteiger charge is -2.05. The Kier molecular flexibility index (Phi) is 5.15. The van der Waals surface area contributed by atoms with Gasteiger partial charge in [0.05, 0.1) is 10.0 Å². The maximum absolute atomic E-state index is 12.1. The molecule has 1 aromatic heterocycles. The van der Waals surface area contributed by atoms with Crippen molar-refractivity contribution in [2.45, 2.75) is 6.54 Å². The predicted octanol–water partition coefficient (Wildman–Crippen LogP) is 2.38. The number of rotatable bonds is 5. The summed E-state index contributed by atoms with van der Waals surface area (Å²) in [5.41, 5.74) is 6.72. The second-order valence-corrected chi connectivity index (χ2v) is 6.08. The first-order chi connectivity index (χ1) is 12.4. The van der Waals surface area contributed by atoms with Crippen molar-refractivity contribution >= 4 is 40.7 Å². The number of hydrogen-bond donors (Lipinski definition) is 2. The number of tetrazole rings is 1. The van der Waals surface area contributed by atoms with Crippen LogP contribution in [0.15, 0.2) is 42.5 Å². The van der Waals surface area contributed by atoms with Gasteiger partial charge in [0.1, 0.15) is 6.54 Å². The molecule has 2 aromatic carbocycles. The summed E-state index contributed by atoms with van der Waals surface area (Å²) >= 11 is 11.7. The number of benzene rings is 2. The van der Waals surface area contributed by atoms with Gasteiger partial charge in [0.15, 0.2) is 0 Å². The van der Waals surface area contributed by atoms with Gasteiger partial charge in [0.25, 0.3) is 0 Å². The molecule has 0 aliphatic rings. The lowest BCUT2D eigenvalue weighted by atomic mass is 10.1. The van der Waals surface area contributed by atoms with E-state index in [4.69, 9.17) is 28.9 Å². The molecule has 3 aromatic rings. The number of amides is 2. The van der Waals surface area contributed by atoms with Crippen molar-refractivity contribution in [1.29, 1.82) is 0 Å². The zero-order valence-electron chi connectivity index (χ0n) is 13.2. The van der Waals surface area contributed by atoms with E-state index in [0.29, 0.717) is 32.7 Å². The van der Waals surface area contributed by atoms with Gasteiger partial charge in [-0.1, -0.05) is 35.3 Å². The molecule has 2 amide bonds. The van der Waals surface area contributed by atoms with Gasteiger partial charge in [-0.15, -0.1) is 10.2 Å². The maximum Gasteiger partial charge on any atom is 0.248 e. The third-order valence-electron chi connectivity index (χ3n) is 3.37. The van der Waals surface area contributed by atoms with Crippen molar-refractivity contribution in [3.63, 3.8) is 0 Å². The van der Waals surface area contributed by atoms with Crippen LogP contribution in [0.4, 0.5) is 5.69 Å². The molecule has 0 spiro atoms. The lowest BCUT2D eigenvalue weighted by molar-refractivity contribution is -0.117. The maximum atomic E-state index is 12.1. The number of nitrogens with one attached hydrogen (secondary N) is 1. The molecule has 0 aliphatic heterocycles. The zero-order valence-corrected chi connectivity index (χ0v) is 14.7. The summed E-state index contributed by atoms with van der Waals surface area (Å²) in [6.07, 6.45) is 0. The summed E-state index contributed by atoms with van der Waals surface area (Å²) < 4.78 is 0. The van der Waals surface area contributed by atoms with E-state index < -0.39 is 5.91 Å². The summed E-state index contributed by atoms with van der Waals surface area (Å²) in [4.78, 5) is 24.3. The minimum absolute atomic E-state index is 0.132. The minimum Gasteiger partial charge on any atom is -0.366 e. The molecule has 10 heteroatoms. The van der Waals surface area contributed by atoms with Gasteiger partial charge in [0.2, 0.25) is 17.6 Å². The molecule has 0 bridgehead atoms. The van der Waals surface area contributed by atoms with Gasteiger partial charge >= 0.3 is 0 Å². The van der Waals surface area contributed by atoms with E-state index in [1.54, 1.807) is 42.5 Å². The van der Waals surface area contributed by atoms with Crippen LogP contribution < -0.4 is 11.1 Å². The van der Waals surface area contributed by atoms with Crippen LogP contribution >= 0.6 is 23.2 Å². The highest BCUT2D eigenvalue weighted by molar-refractivity contribution is 6.42. The molecule has 0 atom stereocenters. The fraction of sp³-hybridized carbons (Fsp3) is 0.0625. The Morgan fingerprint density at radius 2 is 1.81 bits per heavy atom. The second-order valence-electron chi connectivity index (χ2n) is 5.26. The smallest absolute Gasteiger partial charge is 0.248 e. The predicted molar refractivity (Wildman–Crippen MR) is 96.9 cm³/mol. The van der Waals surface area contributed by atoms with E-state index in [9.17, 15) is 9.59 Å². The Balaban J connectivity index is 1.66. The normalized spacial score (nSPS) is 10.5. The van der Waals surface area contributed by atoms with Crippen LogP contribution in [-0.2, 0) is 11.3 Å². The number of carbonyl (C=O) groups excluding carboxylic acids is 2. The second kappa shape index (κ2) is 7.51. The van der Waals surface area contributed by atoms with Crippen molar-refractivity contribution in [2.24, 2.45) is 5.73 Å². The third-order valence-corrected chi connectivity index (χ3v) is 4.11. The number of aromatic nitrogens is 4. The Bertz CT molecular complexity index is 971. The minimum atomic E-state index is -0.521. The van der Waals surface area contributed by atoms with Gasteiger partial charge < -0.3 is 11.1 Å². The first-order valence-corrected chi connectivity index (χ1v) is 8.11. The number of halogens is 2. The van der Waals surface area contributed by atoms with E-state index in [1.807, 2.05) is 0 Å². The van der Waals surface area contributed by atoms with Gasteiger partial charge in [0, 0.05) is 16.8 Å². The van der Waals surface area contributed by atoms with Crippen LogP contribution in [-0.4, -0.2) is 32.0 Å². The molecule has 0 unspecified atom stereocenters. The van der Waals surface area contributed by atoms with Crippen molar-refractivity contribution in [3.05, 3.63) is 58.1 Å². The molecule has 0 radical (unpaired) electrons. The van der Waals surface area contributed by atoms with Gasteiger partial charge in [-0.2, -0.15) is 4.80 Å². The Morgan fingerprint density at radius 1 is 1.08 bits per heavy atom. The van der Waals surface area contributed by atoms with E-state index in [1.165, 1.54) is 0 Å². The van der Waals surface area contributed by atoms with Crippen LogP contribution in [0.1, 0.15) is 10.4 Å². The number of anilines is 1. The fourth-order valence-electron chi connectivity index (χ4n) is 2.11. The molecule has 132 valence electrons. The SMILES string of the molecule is NC(=O)c1ccc(-c2nnn(CC(=O)Nc3ccc(Cl)c(Cl)c3)n2)cc1. The summed E-state index contributed by atoms with van der Waals surface area (Å²) in [5, 5.41) is 15.3. The largest absolute Gasteiger partial charge is 0.366 e. The van der Waals surface area contributed by atoms with Crippen LogP contribution in [0.5, 0.6) is 0 Å². The number of hydrogen-bond acceptors (Lipinski definition) is 5. The molecular formula is C16H12Cl2N6O2. The molecular weight excluding hydrogens is 379 g/mol. The van der Waals surface area contributed by atoms with Crippen molar-refractivity contribution in [2.75, 3.05) is 5.32 Å². The number of carbonyl (C=O) groups is 2. The quantitative estimate of drug-likeness (QED) is 0.693. The van der Waals surface area contributed by atoms with Gasteiger partial charge in [-0.05, 0) is 35.5 Å². The van der Waals surface area contributed by atoms with Gasteiger partial charge in [-0.25, -0.2) is 0 Å². The molecule has 3 N–H and O–H groups in total. The van der Waals surface area contributed by atoms with Crippen LogP contribution in [0, 0.1) is 0 Å². The zero-order chi connectivity index (χ0) is 18.7. The molecule has 0 saturated heterocycles. The molecule has 0 aliphatic carbocycles. The molecule has 0 saturated carbocycles. The summed E-state index contributed by atoms with van der Waals surface area (Å²) in [5.74, 6) is -0.549. The molecule has 8 nitrogen and oxygen atoms in total. The van der Waals surface area contributed by atoms with Crippen molar-refractivity contribution in [3.8, 4) is 11.4 Å². The van der Waals surface area contributed by atoms with E-state index in [-0.39, 0.29) is 12.5 Å². The first-order valence-electron chi connectivity index (χ1n) is 7.35. The van der Waals surface area contributed by atoms with Crippen LogP contribution in [0.3, 0.4) is 0 Å². The summed E-state index contributed by atoms with van der Waals surface area (Å²) in [7, 11) is 0.